The van der Waals surface area contributed by atoms with Gasteiger partial charge in [0.15, 0.2) is 4.34 Å². The maximum Gasteiger partial charge on any atom is 0.233 e. The number of carbonyl (C=O) groups excluding carboxylic acids is 1. The van der Waals surface area contributed by atoms with Gasteiger partial charge in [0, 0.05) is 6.54 Å². The van der Waals surface area contributed by atoms with Crippen molar-refractivity contribution in [2.45, 2.75) is 17.4 Å². The van der Waals surface area contributed by atoms with Crippen molar-refractivity contribution in [1.82, 2.24) is 9.88 Å². The first-order valence-corrected chi connectivity index (χ1v) is 10.4. The van der Waals surface area contributed by atoms with Crippen LogP contribution in [0.2, 0.25) is 0 Å². The Bertz CT molecular complexity index is 980. The number of furan rings is 1. The Kier molecular flexibility index (Phi) is 5.55. The number of thiazole rings is 1. The van der Waals surface area contributed by atoms with E-state index >= 15 is 0 Å². The largest absolute Gasteiger partial charge is 0.467 e. The van der Waals surface area contributed by atoms with Crippen molar-refractivity contribution in [3.63, 3.8) is 0 Å². The number of carbonyl (C=O) groups is 1. The normalized spacial score (nSPS) is 11.0. The fourth-order valence-corrected chi connectivity index (χ4v) is 4.73. The smallest absolute Gasteiger partial charge is 0.233 e. The van der Waals surface area contributed by atoms with Crippen LogP contribution in [0.5, 0.6) is 0 Å². The van der Waals surface area contributed by atoms with E-state index in [4.69, 9.17) is 4.42 Å². The quantitative estimate of drug-likeness (QED) is 0.404. The maximum atomic E-state index is 12.9. The van der Waals surface area contributed by atoms with Gasteiger partial charge in [0.25, 0.3) is 0 Å². The zero-order valence-electron chi connectivity index (χ0n) is 14.6. The minimum Gasteiger partial charge on any atom is -0.467 e. The Morgan fingerprint density at radius 2 is 1.81 bits per heavy atom. The molecule has 0 bridgehead atoms. The lowest BCUT2D eigenvalue weighted by atomic mass is 10.2. The van der Waals surface area contributed by atoms with Gasteiger partial charge in [0.1, 0.15) is 5.76 Å². The molecule has 4 rings (SSSR count). The lowest BCUT2D eigenvalue weighted by molar-refractivity contribution is -0.129. The first-order valence-electron chi connectivity index (χ1n) is 8.60. The molecule has 1 amide bonds. The van der Waals surface area contributed by atoms with Crippen LogP contribution in [0.15, 0.2) is 81.8 Å². The molecule has 2 heterocycles. The number of rotatable bonds is 7. The Labute approximate surface area is 165 Å². The summed E-state index contributed by atoms with van der Waals surface area (Å²) in [7, 11) is 0. The van der Waals surface area contributed by atoms with Gasteiger partial charge in [-0.3, -0.25) is 4.79 Å². The minimum absolute atomic E-state index is 0.0690. The van der Waals surface area contributed by atoms with Crippen LogP contribution < -0.4 is 0 Å². The van der Waals surface area contributed by atoms with E-state index in [9.17, 15) is 4.79 Å². The number of thioether (sulfide) groups is 1. The van der Waals surface area contributed by atoms with Gasteiger partial charge in [0.2, 0.25) is 5.91 Å². The second kappa shape index (κ2) is 8.41. The Morgan fingerprint density at radius 3 is 2.59 bits per heavy atom. The molecule has 27 heavy (non-hydrogen) atoms. The second-order valence-electron chi connectivity index (χ2n) is 6.05. The Balaban J connectivity index is 1.45. The summed E-state index contributed by atoms with van der Waals surface area (Å²) in [6.45, 7) is 1.02. The van der Waals surface area contributed by atoms with Gasteiger partial charge in [-0.25, -0.2) is 4.98 Å². The molecule has 0 aliphatic heterocycles. The molecule has 0 fully saturated rings. The first kappa shape index (κ1) is 17.8. The van der Waals surface area contributed by atoms with Crippen molar-refractivity contribution in [2.24, 2.45) is 0 Å². The van der Waals surface area contributed by atoms with Gasteiger partial charge in [-0.05, 0) is 29.8 Å². The number of hydrogen-bond donors (Lipinski definition) is 0. The van der Waals surface area contributed by atoms with Crippen LogP contribution in [0.3, 0.4) is 0 Å². The molecule has 2 aromatic carbocycles. The molecule has 0 N–H and O–H groups in total. The molecule has 0 atom stereocenters. The van der Waals surface area contributed by atoms with Crippen LogP contribution >= 0.6 is 23.1 Å². The molecule has 0 aliphatic rings. The van der Waals surface area contributed by atoms with Crippen LogP contribution in [0.1, 0.15) is 11.3 Å². The van der Waals surface area contributed by atoms with Crippen LogP contribution in [-0.4, -0.2) is 21.5 Å². The molecule has 0 unspecified atom stereocenters. The van der Waals surface area contributed by atoms with E-state index in [1.54, 1.807) is 17.6 Å². The molecule has 136 valence electrons. The topological polar surface area (TPSA) is 46.3 Å². The molecule has 4 aromatic rings. The molecule has 0 saturated carbocycles. The number of aromatic nitrogens is 1. The minimum atomic E-state index is 0.0690. The highest BCUT2D eigenvalue weighted by Gasteiger charge is 2.17. The van der Waals surface area contributed by atoms with Crippen LogP contribution in [0.25, 0.3) is 10.2 Å². The number of amides is 1. The second-order valence-corrected chi connectivity index (χ2v) is 8.30. The van der Waals surface area contributed by atoms with E-state index in [-0.39, 0.29) is 5.91 Å². The van der Waals surface area contributed by atoms with Crippen LogP contribution in [0, 0.1) is 0 Å². The molecule has 0 spiro atoms. The van der Waals surface area contributed by atoms with Gasteiger partial charge in [-0.1, -0.05) is 54.2 Å². The lowest BCUT2D eigenvalue weighted by Crippen LogP contribution is -2.31. The number of benzene rings is 2. The third-order valence-corrected chi connectivity index (χ3v) is 6.25. The highest BCUT2D eigenvalue weighted by atomic mass is 32.2. The average Bonchev–Trinajstić information content (AvgIpc) is 3.35. The summed E-state index contributed by atoms with van der Waals surface area (Å²) in [5.74, 6) is 1.21. The number of hydrogen-bond acceptors (Lipinski definition) is 5. The van der Waals surface area contributed by atoms with Gasteiger partial charge in [-0.15, -0.1) is 11.3 Å². The fraction of sp³-hybridized carbons (Fsp3) is 0.143. The van der Waals surface area contributed by atoms with E-state index in [1.807, 2.05) is 65.6 Å². The zero-order chi connectivity index (χ0) is 18.5. The first-order chi connectivity index (χ1) is 13.3. The maximum absolute atomic E-state index is 12.9. The van der Waals surface area contributed by atoms with Crippen molar-refractivity contribution >= 4 is 39.2 Å². The fourth-order valence-electron chi connectivity index (χ4n) is 2.75. The van der Waals surface area contributed by atoms with Crippen LogP contribution in [0.4, 0.5) is 0 Å². The molecule has 6 heteroatoms. The van der Waals surface area contributed by atoms with Crippen molar-refractivity contribution in [1.29, 1.82) is 0 Å². The van der Waals surface area contributed by atoms with Crippen molar-refractivity contribution in [2.75, 3.05) is 5.75 Å². The summed E-state index contributed by atoms with van der Waals surface area (Å²) >= 11 is 3.11. The summed E-state index contributed by atoms with van der Waals surface area (Å²) in [5.41, 5.74) is 2.08. The van der Waals surface area contributed by atoms with Crippen molar-refractivity contribution in [3.8, 4) is 0 Å². The van der Waals surface area contributed by atoms with Gasteiger partial charge >= 0.3 is 0 Å². The Morgan fingerprint density at radius 1 is 1.00 bits per heavy atom. The molecular weight excluding hydrogens is 376 g/mol. The van der Waals surface area contributed by atoms with E-state index < -0.39 is 0 Å². The summed E-state index contributed by atoms with van der Waals surface area (Å²) in [6.07, 6.45) is 1.64. The van der Waals surface area contributed by atoms with Gasteiger partial charge in [-0.2, -0.15) is 0 Å². The molecule has 2 aromatic heterocycles. The predicted molar refractivity (Wildman–Crippen MR) is 110 cm³/mol. The summed E-state index contributed by atoms with van der Waals surface area (Å²) in [5, 5.41) is 0. The number of para-hydroxylation sites is 1. The number of fused-ring (bicyclic) bond motifs is 1. The zero-order valence-corrected chi connectivity index (χ0v) is 16.2. The monoisotopic (exact) mass is 394 g/mol. The molecule has 0 radical (unpaired) electrons. The summed E-state index contributed by atoms with van der Waals surface area (Å²) in [6, 6.07) is 21.8. The lowest BCUT2D eigenvalue weighted by Gasteiger charge is -2.21. The number of nitrogens with zero attached hydrogens (tertiary/aromatic N) is 2. The highest BCUT2D eigenvalue weighted by molar-refractivity contribution is 8.01. The summed E-state index contributed by atoms with van der Waals surface area (Å²) in [4.78, 5) is 19.3. The Hall–Kier alpha value is -2.57. The SMILES string of the molecule is O=C(CSc1nc2ccccc2s1)N(Cc1ccccc1)Cc1ccco1. The van der Waals surface area contributed by atoms with E-state index in [0.29, 0.717) is 18.8 Å². The van der Waals surface area contributed by atoms with E-state index in [0.717, 1.165) is 25.9 Å². The average molecular weight is 395 g/mol. The molecule has 0 aliphatic carbocycles. The van der Waals surface area contributed by atoms with Crippen molar-refractivity contribution < 1.29 is 9.21 Å². The molecule has 4 nitrogen and oxygen atoms in total. The third kappa shape index (κ3) is 4.59. The highest BCUT2D eigenvalue weighted by Crippen LogP contribution is 2.29. The predicted octanol–water partition coefficient (Wildman–Crippen LogP) is 5.21. The summed E-state index contributed by atoms with van der Waals surface area (Å²) < 4.78 is 7.51. The standard InChI is InChI=1S/C21H18N2O2S2/c24-20(15-26-21-22-18-10-4-5-11-19(18)27-21)23(14-17-9-6-12-25-17)13-16-7-2-1-3-8-16/h1-12H,13-15H2. The van der Waals surface area contributed by atoms with Gasteiger partial charge < -0.3 is 9.32 Å². The molecular formula is C21H18N2O2S2. The van der Waals surface area contributed by atoms with Crippen LogP contribution in [-0.2, 0) is 17.9 Å². The van der Waals surface area contributed by atoms with Crippen molar-refractivity contribution in [3.05, 3.63) is 84.3 Å². The third-order valence-electron chi connectivity index (χ3n) is 4.09. The molecule has 0 saturated heterocycles. The van der Waals surface area contributed by atoms with Gasteiger partial charge in [0.05, 0.1) is 28.8 Å². The van der Waals surface area contributed by atoms with E-state index in [2.05, 4.69) is 11.1 Å². The van der Waals surface area contributed by atoms with E-state index in [1.165, 1.54) is 11.8 Å².